The molecule has 0 spiro atoms. The van der Waals surface area contributed by atoms with E-state index in [1.54, 1.807) is 6.92 Å². The Labute approximate surface area is 214 Å². The Morgan fingerprint density at radius 3 is 2.53 bits per heavy atom. The van der Waals surface area contributed by atoms with Crippen LogP contribution in [0.4, 0.5) is 28.9 Å². The lowest BCUT2D eigenvalue weighted by molar-refractivity contribution is -0.137. The van der Waals surface area contributed by atoms with Crippen LogP contribution in [0.2, 0.25) is 0 Å². The van der Waals surface area contributed by atoms with Gasteiger partial charge in [0.2, 0.25) is 0 Å². The summed E-state index contributed by atoms with van der Waals surface area (Å²) in [7, 11) is -4.45. The second-order valence-electron chi connectivity index (χ2n) is 8.00. The molecule has 0 atom stereocenters. The molecule has 1 aliphatic heterocycles. The monoisotopic (exact) mass is 552 g/mol. The van der Waals surface area contributed by atoms with Gasteiger partial charge < -0.3 is 14.8 Å². The van der Waals surface area contributed by atoms with Crippen LogP contribution in [0.15, 0.2) is 65.6 Å². The highest BCUT2D eigenvalue weighted by Gasteiger charge is 2.35. The highest BCUT2D eigenvalue weighted by atomic mass is 32.2. The highest BCUT2D eigenvalue weighted by molar-refractivity contribution is 7.92. The SMILES string of the molecule is CCOC(=O)c1ccc(NC(=O)c2ccc3c(c2)N(S(=O)(=O)c2cccc(C(F)(F)F)c2)CCO3)cc1F. The smallest absolute Gasteiger partial charge is 0.416 e. The predicted molar refractivity (Wildman–Crippen MR) is 128 cm³/mol. The minimum atomic E-state index is -4.74. The number of alkyl halides is 3. The van der Waals surface area contributed by atoms with Gasteiger partial charge in [0, 0.05) is 11.3 Å². The fraction of sp³-hybridized carbons (Fsp3) is 0.200. The van der Waals surface area contributed by atoms with E-state index in [0.29, 0.717) is 6.07 Å². The quantitative estimate of drug-likeness (QED) is 0.346. The molecule has 0 unspecified atom stereocenters. The number of carbonyl (C=O) groups is 2. The molecule has 3 aromatic carbocycles. The molecule has 3 aromatic rings. The molecule has 1 N–H and O–H groups in total. The van der Waals surface area contributed by atoms with Crippen molar-refractivity contribution in [2.45, 2.75) is 18.0 Å². The van der Waals surface area contributed by atoms with Gasteiger partial charge in [0.25, 0.3) is 15.9 Å². The van der Waals surface area contributed by atoms with Crippen molar-refractivity contribution >= 4 is 33.3 Å². The largest absolute Gasteiger partial charge is 0.489 e. The van der Waals surface area contributed by atoms with Crippen molar-refractivity contribution in [1.82, 2.24) is 0 Å². The van der Waals surface area contributed by atoms with E-state index in [4.69, 9.17) is 9.47 Å². The van der Waals surface area contributed by atoms with Crippen LogP contribution in [-0.2, 0) is 20.9 Å². The number of anilines is 2. The van der Waals surface area contributed by atoms with E-state index < -0.39 is 44.4 Å². The minimum absolute atomic E-state index is 0.0166. The van der Waals surface area contributed by atoms with E-state index in [1.165, 1.54) is 24.3 Å². The normalized spacial score (nSPS) is 13.3. The van der Waals surface area contributed by atoms with Gasteiger partial charge >= 0.3 is 12.1 Å². The lowest BCUT2D eigenvalue weighted by atomic mass is 10.1. The molecule has 1 aliphatic rings. The van der Waals surface area contributed by atoms with E-state index in [-0.39, 0.29) is 48.0 Å². The van der Waals surface area contributed by atoms with Crippen molar-refractivity contribution in [3.63, 3.8) is 0 Å². The van der Waals surface area contributed by atoms with Crippen LogP contribution >= 0.6 is 0 Å². The number of benzene rings is 3. The summed E-state index contributed by atoms with van der Waals surface area (Å²) in [6.07, 6.45) is -4.74. The summed E-state index contributed by atoms with van der Waals surface area (Å²) in [4.78, 5) is 24.0. The maximum Gasteiger partial charge on any atom is 0.416 e. The predicted octanol–water partition coefficient (Wildman–Crippen LogP) is 4.86. The number of esters is 1. The average Bonchev–Trinajstić information content (AvgIpc) is 2.87. The third-order valence-electron chi connectivity index (χ3n) is 5.51. The number of hydrogen-bond donors (Lipinski definition) is 1. The first-order valence-corrected chi connectivity index (χ1v) is 12.6. The first-order valence-electron chi connectivity index (χ1n) is 11.2. The molecule has 0 aromatic heterocycles. The Balaban J connectivity index is 1.62. The number of amides is 1. The van der Waals surface area contributed by atoms with Crippen molar-refractivity contribution in [3.8, 4) is 5.75 Å². The second-order valence-corrected chi connectivity index (χ2v) is 9.87. The molecule has 0 fully saturated rings. The van der Waals surface area contributed by atoms with Crippen molar-refractivity contribution < 1.29 is 45.0 Å². The molecule has 0 saturated heterocycles. The Kier molecular flexibility index (Phi) is 7.31. The summed E-state index contributed by atoms with van der Waals surface area (Å²) >= 11 is 0. The summed E-state index contributed by atoms with van der Waals surface area (Å²) in [5.74, 6) is -2.41. The zero-order valence-electron chi connectivity index (χ0n) is 19.7. The van der Waals surface area contributed by atoms with Crippen LogP contribution in [0.5, 0.6) is 5.75 Å². The second kappa shape index (κ2) is 10.3. The summed E-state index contributed by atoms with van der Waals surface area (Å²) in [6.45, 7) is 1.35. The van der Waals surface area contributed by atoms with Crippen molar-refractivity contribution in [2.24, 2.45) is 0 Å². The number of nitrogens with one attached hydrogen (secondary N) is 1. The molecule has 0 radical (unpaired) electrons. The summed E-state index contributed by atoms with van der Waals surface area (Å²) in [5, 5.41) is 2.45. The van der Waals surface area contributed by atoms with Crippen LogP contribution in [0.1, 0.15) is 33.2 Å². The standard InChI is InChI=1S/C25H20F4N2O6S/c1-2-36-24(33)19-8-7-17(14-20(19)26)30-23(32)15-6-9-22-21(12-15)31(10-11-37-22)38(34,35)18-5-3-4-16(13-18)25(27,28)29/h3-9,12-14H,2,10-11H2,1H3,(H,30,32). The van der Waals surface area contributed by atoms with Crippen molar-refractivity contribution in [1.29, 1.82) is 0 Å². The van der Waals surface area contributed by atoms with Crippen LogP contribution in [0, 0.1) is 5.82 Å². The first kappa shape index (κ1) is 26.9. The van der Waals surface area contributed by atoms with E-state index in [1.807, 2.05) is 0 Å². The highest BCUT2D eigenvalue weighted by Crippen LogP contribution is 2.37. The fourth-order valence-corrected chi connectivity index (χ4v) is 5.21. The molecule has 200 valence electrons. The van der Waals surface area contributed by atoms with E-state index in [0.717, 1.165) is 34.6 Å². The maximum atomic E-state index is 14.3. The van der Waals surface area contributed by atoms with Crippen molar-refractivity contribution in [2.75, 3.05) is 29.4 Å². The van der Waals surface area contributed by atoms with Gasteiger partial charge in [0.15, 0.2) is 0 Å². The molecule has 0 bridgehead atoms. The first-order chi connectivity index (χ1) is 17.9. The number of fused-ring (bicyclic) bond motifs is 1. The Morgan fingerprint density at radius 2 is 1.84 bits per heavy atom. The molecule has 38 heavy (non-hydrogen) atoms. The Hall–Kier alpha value is -4.13. The average molecular weight is 553 g/mol. The molecule has 1 heterocycles. The summed E-state index contributed by atoms with van der Waals surface area (Å²) in [5.41, 5.74) is -1.51. The molecule has 8 nitrogen and oxygen atoms in total. The lowest BCUT2D eigenvalue weighted by Crippen LogP contribution is -2.38. The fourth-order valence-electron chi connectivity index (χ4n) is 3.71. The zero-order valence-corrected chi connectivity index (χ0v) is 20.5. The topological polar surface area (TPSA) is 102 Å². The van der Waals surface area contributed by atoms with E-state index >= 15 is 0 Å². The van der Waals surface area contributed by atoms with Gasteiger partial charge in [0.05, 0.1) is 34.9 Å². The number of sulfonamides is 1. The Morgan fingerprint density at radius 1 is 1.08 bits per heavy atom. The summed E-state index contributed by atoms with van der Waals surface area (Å²) < 4.78 is 91.5. The van der Waals surface area contributed by atoms with Crippen LogP contribution in [-0.4, -0.2) is 40.1 Å². The zero-order chi connectivity index (χ0) is 27.7. The molecule has 13 heteroatoms. The maximum absolute atomic E-state index is 14.3. The summed E-state index contributed by atoms with van der Waals surface area (Å²) in [6, 6.07) is 10.6. The number of halogens is 4. The number of ether oxygens (including phenoxy) is 2. The van der Waals surface area contributed by atoms with Gasteiger partial charge in [-0.3, -0.25) is 9.10 Å². The van der Waals surface area contributed by atoms with Gasteiger partial charge in [-0.25, -0.2) is 17.6 Å². The van der Waals surface area contributed by atoms with Crippen LogP contribution < -0.4 is 14.4 Å². The molecule has 1 amide bonds. The molecule has 0 saturated carbocycles. The van der Waals surface area contributed by atoms with Gasteiger partial charge in [0.1, 0.15) is 18.2 Å². The number of rotatable bonds is 6. The van der Waals surface area contributed by atoms with Crippen molar-refractivity contribution in [3.05, 3.63) is 83.2 Å². The molecule has 4 rings (SSSR count). The van der Waals surface area contributed by atoms with Gasteiger partial charge in [-0.05, 0) is 61.5 Å². The third kappa shape index (κ3) is 5.42. The molecule has 0 aliphatic carbocycles. The number of nitrogens with zero attached hydrogens (tertiary/aromatic N) is 1. The van der Waals surface area contributed by atoms with Crippen LogP contribution in [0.3, 0.4) is 0 Å². The Bertz CT molecular complexity index is 1510. The number of carbonyl (C=O) groups excluding carboxylic acids is 2. The lowest BCUT2D eigenvalue weighted by Gasteiger charge is -2.31. The molecular weight excluding hydrogens is 532 g/mol. The minimum Gasteiger partial charge on any atom is -0.489 e. The third-order valence-corrected chi connectivity index (χ3v) is 7.32. The van der Waals surface area contributed by atoms with Crippen LogP contribution in [0.25, 0.3) is 0 Å². The van der Waals surface area contributed by atoms with Gasteiger partial charge in [-0.2, -0.15) is 13.2 Å². The van der Waals surface area contributed by atoms with E-state index in [9.17, 15) is 35.6 Å². The van der Waals surface area contributed by atoms with Gasteiger partial charge in [-0.1, -0.05) is 6.07 Å². The van der Waals surface area contributed by atoms with E-state index in [2.05, 4.69) is 5.32 Å². The molecular formula is C25H20F4N2O6S. The number of hydrogen-bond acceptors (Lipinski definition) is 6. The van der Waals surface area contributed by atoms with Gasteiger partial charge in [-0.15, -0.1) is 0 Å².